The van der Waals surface area contributed by atoms with Crippen molar-refractivity contribution in [2.45, 2.75) is 25.4 Å². The largest absolute Gasteiger partial charge is 0.342 e. The van der Waals surface area contributed by atoms with Crippen LogP contribution in [-0.2, 0) is 14.4 Å². The number of piperazine rings is 1. The van der Waals surface area contributed by atoms with Gasteiger partial charge in [0.1, 0.15) is 6.04 Å². The molecule has 15 heavy (non-hydrogen) atoms. The molecule has 2 saturated heterocycles. The van der Waals surface area contributed by atoms with Crippen molar-refractivity contribution in [1.82, 2.24) is 15.5 Å². The molecular weight excluding hydrogens is 198 g/mol. The Morgan fingerprint density at radius 3 is 2.60 bits per heavy atom. The number of nitrogens with zero attached hydrogens (tertiary/aromatic N) is 1. The highest BCUT2D eigenvalue weighted by molar-refractivity contribution is 6.01. The Balaban J connectivity index is 2.09. The van der Waals surface area contributed by atoms with Gasteiger partial charge in [-0.05, 0) is 6.92 Å². The van der Waals surface area contributed by atoms with E-state index in [0.717, 1.165) is 0 Å². The van der Waals surface area contributed by atoms with Crippen molar-refractivity contribution in [2.75, 3.05) is 13.1 Å². The fourth-order valence-corrected chi connectivity index (χ4v) is 1.85. The molecule has 6 nitrogen and oxygen atoms in total. The van der Waals surface area contributed by atoms with E-state index >= 15 is 0 Å². The van der Waals surface area contributed by atoms with Gasteiger partial charge in [-0.2, -0.15) is 0 Å². The summed E-state index contributed by atoms with van der Waals surface area (Å²) in [5.41, 5.74) is -0.880. The molecule has 2 aliphatic rings. The number of rotatable bonds is 0. The lowest BCUT2D eigenvalue weighted by Gasteiger charge is -2.51. The van der Waals surface area contributed by atoms with Gasteiger partial charge in [0.2, 0.25) is 17.7 Å². The van der Waals surface area contributed by atoms with Crippen LogP contribution in [0.2, 0.25) is 0 Å². The van der Waals surface area contributed by atoms with Gasteiger partial charge in [0.25, 0.3) is 0 Å². The van der Waals surface area contributed by atoms with E-state index in [1.807, 2.05) is 0 Å². The Kier molecular flexibility index (Phi) is 1.95. The van der Waals surface area contributed by atoms with Crippen LogP contribution in [0, 0.1) is 0 Å². The first-order valence-corrected chi connectivity index (χ1v) is 4.83. The monoisotopic (exact) mass is 211 g/mol. The Labute approximate surface area is 87.0 Å². The van der Waals surface area contributed by atoms with Crippen molar-refractivity contribution in [3.8, 4) is 0 Å². The number of amides is 3. The summed E-state index contributed by atoms with van der Waals surface area (Å²) in [5.74, 6) is -0.480. The molecule has 1 atom stereocenters. The molecule has 82 valence electrons. The first kappa shape index (κ1) is 9.95. The summed E-state index contributed by atoms with van der Waals surface area (Å²) in [6, 6.07) is -0.491. The fourth-order valence-electron chi connectivity index (χ4n) is 1.85. The fraction of sp³-hybridized carbons (Fsp3) is 0.667. The molecule has 3 amide bonds. The van der Waals surface area contributed by atoms with E-state index in [1.165, 1.54) is 11.8 Å². The summed E-state index contributed by atoms with van der Waals surface area (Å²) >= 11 is 0. The van der Waals surface area contributed by atoms with Gasteiger partial charge in [0.05, 0.1) is 13.1 Å². The van der Waals surface area contributed by atoms with Gasteiger partial charge in [-0.25, -0.2) is 0 Å². The van der Waals surface area contributed by atoms with Gasteiger partial charge in [-0.3, -0.25) is 14.4 Å². The molecule has 0 aromatic carbocycles. The van der Waals surface area contributed by atoms with Crippen molar-refractivity contribution in [3.63, 3.8) is 0 Å². The van der Waals surface area contributed by atoms with Crippen LogP contribution < -0.4 is 10.6 Å². The lowest BCUT2D eigenvalue weighted by atomic mass is 9.86. The van der Waals surface area contributed by atoms with Crippen LogP contribution in [0.5, 0.6) is 0 Å². The van der Waals surface area contributed by atoms with Gasteiger partial charge in [-0.1, -0.05) is 0 Å². The number of carbonyl (C=O) groups excluding carboxylic acids is 3. The van der Waals surface area contributed by atoms with Gasteiger partial charge in [0.15, 0.2) is 5.54 Å². The Morgan fingerprint density at radius 2 is 2.07 bits per heavy atom. The Morgan fingerprint density at radius 1 is 1.47 bits per heavy atom. The minimum absolute atomic E-state index is 0.0821. The van der Waals surface area contributed by atoms with Crippen molar-refractivity contribution in [3.05, 3.63) is 0 Å². The van der Waals surface area contributed by atoms with Crippen LogP contribution in [0.4, 0.5) is 0 Å². The summed E-state index contributed by atoms with van der Waals surface area (Å²) in [6.07, 6.45) is 0. The van der Waals surface area contributed by atoms with Gasteiger partial charge in [-0.15, -0.1) is 0 Å². The molecule has 0 saturated carbocycles. The topological polar surface area (TPSA) is 78.5 Å². The van der Waals surface area contributed by atoms with Crippen molar-refractivity contribution in [2.24, 2.45) is 0 Å². The molecule has 1 spiro atoms. The highest BCUT2D eigenvalue weighted by Crippen LogP contribution is 2.23. The number of nitrogens with one attached hydrogen (secondary N) is 2. The van der Waals surface area contributed by atoms with E-state index in [0.29, 0.717) is 0 Å². The van der Waals surface area contributed by atoms with Gasteiger partial charge >= 0.3 is 0 Å². The van der Waals surface area contributed by atoms with E-state index in [-0.39, 0.29) is 30.8 Å². The lowest BCUT2D eigenvalue weighted by molar-refractivity contribution is -0.154. The quantitative estimate of drug-likeness (QED) is 0.497. The normalized spacial score (nSPS) is 28.1. The molecule has 0 aliphatic carbocycles. The summed E-state index contributed by atoms with van der Waals surface area (Å²) < 4.78 is 0. The minimum Gasteiger partial charge on any atom is -0.342 e. The molecule has 0 aromatic rings. The van der Waals surface area contributed by atoms with Gasteiger partial charge in [0, 0.05) is 6.92 Å². The number of carbonyl (C=O) groups is 3. The molecule has 6 heteroatoms. The molecule has 2 N–H and O–H groups in total. The third kappa shape index (κ3) is 1.36. The zero-order valence-corrected chi connectivity index (χ0v) is 8.66. The third-order valence-electron chi connectivity index (χ3n) is 2.90. The molecule has 0 aromatic heterocycles. The van der Waals surface area contributed by atoms with Crippen molar-refractivity contribution < 1.29 is 14.4 Å². The smallest absolute Gasteiger partial charge is 0.250 e. The predicted molar refractivity (Wildman–Crippen MR) is 50.7 cm³/mol. The standard InChI is InChI=1S/C9H13N3O3/c1-5-7(14)11-9(8(15)10-5)3-12(4-9)6(2)13/h5H,3-4H2,1-2H3,(H,10,15)(H,11,14). The van der Waals surface area contributed by atoms with Crippen LogP contribution in [0.3, 0.4) is 0 Å². The molecule has 2 aliphatic heterocycles. The Hall–Kier alpha value is -1.59. The summed E-state index contributed by atoms with van der Waals surface area (Å²) in [6.45, 7) is 3.61. The molecule has 2 rings (SSSR count). The first-order chi connectivity index (χ1) is 6.94. The predicted octanol–water partition coefficient (Wildman–Crippen LogP) is -1.78. The SMILES string of the molecule is CC(=O)N1CC2(C1)NC(=O)C(C)NC2=O. The number of likely N-dealkylation sites (tertiary alicyclic amines) is 1. The molecule has 0 radical (unpaired) electrons. The van der Waals surface area contributed by atoms with Crippen LogP contribution in [-0.4, -0.2) is 47.3 Å². The Bertz CT molecular complexity index is 347. The van der Waals surface area contributed by atoms with E-state index in [9.17, 15) is 14.4 Å². The summed E-state index contributed by atoms with van der Waals surface area (Å²) in [4.78, 5) is 35.6. The van der Waals surface area contributed by atoms with E-state index in [2.05, 4.69) is 10.6 Å². The van der Waals surface area contributed by atoms with Gasteiger partial charge < -0.3 is 15.5 Å². The second-order valence-electron chi connectivity index (χ2n) is 4.14. The van der Waals surface area contributed by atoms with Crippen LogP contribution >= 0.6 is 0 Å². The van der Waals surface area contributed by atoms with Crippen molar-refractivity contribution in [1.29, 1.82) is 0 Å². The zero-order chi connectivity index (χ0) is 11.2. The lowest BCUT2D eigenvalue weighted by Crippen LogP contribution is -2.81. The molecule has 2 heterocycles. The second-order valence-corrected chi connectivity index (χ2v) is 4.14. The number of hydrogen-bond acceptors (Lipinski definition) is 3. The summed E-state index contributed by atoms with van der Waals surface area (Å²) in [5, 5.41) is 5.26. The maximum Gasteiger partial charge on any atom is 0.250 e. The molecular formula is C9H13N3O3. The molecule has 0 bridgehead atoms. The van der Waals surface area contributed by atoms with Crippen LogP contribution in [0.15, 0.2) is 0 Å². The molecule has 1 unspecified atom stereocenters. The maximum atomic E-state index is 11.7. The first-order valence-electron chi connectivity index (χ1n) is 4.83. The average Bonchev–Trinajstić information content (AvgIpc) is 2.07. The second kappa shape index (κ2) is 2.95. The highest BCUT2D eigenvalue weighted by atomic mass is 16.2. The zero-order valence-electron chi connectivity index (χ0n) is 8.66. The third-order valence-corrected chi connectivity index (χ3v) is 2.90. The minimum atomic E-state index is -0.880. The van der Waals surface area contributed by atoms with E-state index in [1.54, 1.807) is 6.92 Å². The van der Waals surface area contributed by atoms with E-state index < -0.39 is 11.6 Å². The number of hydrogen-bond donors (Lipinski definition) is 2. The van der Waals surface area contributed by atoms with Crippen LogP contribution in [0.1, 0.15) is 13.8 Å². The maximum absolute atomic E-state index is 11.7. The van der Waals surface area contributed by atoms with Crippen molar-refractivity contribution >= 4 is 17.7 Å². The van der Waals surface area contributed by atoms with E-state index in [4.69, 9.17) is 0 Å². The average molecular weight is 211 g/mol. The summed E-state index contributed by atoms with van der Waals surface area (Å²) in [7, 11) is 0. The molecule has 2 fully saturated rings. The highest BCUT2D eigenvalue weighted by Gasteiger charge is 2.54. The van der Waals surface area contributed by atoms with Crippen LogP contribution in [0.25, 0.3) is 0 Å².